The maximum absolute atomic E-state index is 9.86. The number of nitrogens with zero attached hydrogens (tertiary/aromatic N) is 4. The van der Waals surface area contributed by atoms with Crippen molar-refractivity contribution in [3.63, 3.8) is 0 Å². The number of aliphatic hydroxyl groups is 1. The number of aryl methyl sites for hydroxylation is 1. The Morgan fingerprint density at radius 3 is 3.08 bits per heavy atom. The molecule has 0 spiro atoms. The largest absolute Gasteiger partial charge is 0.383 e. The van der Waals surface area contributed by atoms with Gasteiger partial charge in [0.2, 0.25) is 0 Å². The van der Waals surface area contributed by atoms with Crippen molar-refractivity contribution >= 4 is 0 Å². The lowest BCUT2D eigenvalue weighted by Crippen LogP contribution is -2.30. The Labute approximate surface area is 75.9 Å². The molecule has 1 aliphatic rings. The van der Waals surface area contributed by atoms with Gasteiger partial charge in [-0.05, 0) is 29.8 Å². The molecule has 1 fully saturated rings. The van der Waals surface area contributed by atoms with Crippen molar-refractivity contribution in [2.75, 3.05) is 6.54 Å². The molecule has 2 atom stereocenters. The van der Waals surface area contributed by atoms with Crippen LogP contribution in [0, 0.1) is 0 Å². The van der Waals surface area contributed by atoms with E-state index in [0.29, 0.717) is 5.82 Å². The molecule has 1 aromatic rings. The van der Waals surface area contributed by atoms with E-state index in [1.54, 1.807) is 7.05 Å². The van der Waals surface area contributed by atoms with Crippen LogP contribution in [0.15, 0.2) is 0 Å². The minimum absolute atomic E-state index is 0.102. The van der Waals surface area contributed by atoms with Crippen molar-refractivity contribution < 1.29 is 5.11 Å². The van der Waals surface area contributed by atoms with Crippen molar-refractivity contribution in [1.82, 2.24) is 25.5 Å². The van der Waals surface area contributed by atoms with E-state index in [0.717, 1.165) is 19.4 Å². The van der Waals surface area contributed by atoms with Gasteiger partial charge < -0.3 is 10.4 Å². The number of rotatable bonds is 2. The van der Waals surface area contributed by atoms with Gasteiger partial charge in [-0.2, -0.15) is 0 Å². The number of hydrogen-bond donors (Lipinski definition) is 2. The number of aromatic nitrogens is 4. The molecule has 0 bridgehead atoms. The maximum atomic E-state index is 9.86. The third kappa shape index (κ3) is 1.54. The first-order valence-electron chi connectivity index (χ1n) is 4.43. The maximum Gasteiger partial charge on any atom is 0.181 e. The lowest BCUT2D eigenvalue weighted by atomic mass is 10.1. The molecule has 0 aliphatic carbocycles. The van der Waals surface area contributed by atoms with Crippen molar-refractivity contribution in [1.29, 1.82) is 0 Å². The molecule has 1 aliphatic heterocycles. The van der Waals surface area contributed by atoms with Gasteiger partial charge in [0.15, 0.2) is 5.82 Å². The lowest BCUT2D eigenvalue weighted by molar-refractivity contribution is 0.124. The van der Waals surface area contributed by atoms with E-state index < -0.39 is 6.10 Å². The molecular formula is C7H13N5O. The molecule has 13 heavy (non-hydrogen) atoms. The van der Waals surface area contributed by atoms with E-state index in [2.05, 4.69) is 20.8 Å². The first-order valence-corrected chi connectivity index (χ1v) is 4.43. The molecule has 2 N–H and O–H groups in total. The van der Waals surface area contributed by atoms with Crippen LogP contribution in [0.5, 0.6) is 0 Å². The van der Waals surface area contributed by atoms with Crippen molar-refractivity contribution in [2.24, 2.45) is 7.05 Å². The minimum atomic E-state index is -0.595. The zero-order chi connectivity index (χ0) is 9.26. The Bertz CT molecular complexity index is 280. The van der Waals surface area contributed by atoms with E-state index >= 15 is 0 Å². The van der Waals surface area contributed by atoms with Crippen LogP contribution in [0.2, 0.25) is 0 Å². The molecule has 2 unspecified atom stereocenters. The summed E-state index contributed by atoms with van der Waals surface area (Å²) in [5.41, 5.74) is 0. The Morgan fingerprint density at radius 2 is 2.54 bits per heavy atom. The average Bonchev–Trinajstić information content (AvgIpc) is 2.72. The molecular weight excluding hydrogens is 170 g/mol. The fraction of sp³-hybridized carbons (Fsp3) is 0.857. The molecule has 0 amide bonds. The van der Waals surface area contributed by atoms with E-state index in [1.807, 2.05) is 0 Å². The Kier molecular flexibility index (Phi) is 2.24. The van der Waals surface area contributed by atoms with E-state index in [1.165, 1.54) is 4.68 Å². The van der Waals surface area contributed by atoms with Gasteiger partial charge in [0.05, 0.1) is 0 Å². The second-order valence-electron chi connectivity index (χ2n) is 3.31. The highest BCUT2D eigenvalue weighted by Gasteiger charge is 2.27. The van der Waals surface area contributed by atoms with Crippen molar-refractivity contribution in [2.45, 2.75) is 25.0 Å². The summed E-state index contributed by atoms with van der Waals surface area (Å²) in [5.74, 6) is 0.527. The molecule has 2 heterocycles. The second kappa shape index (κ2) is 3.39. The molecule has 0 saturated carbocycles. The van der Waals surface area contributed by atoms with Crippen LogP contribution in [0.1, 0.15) is 24.8 Å². The molecule has 0 aromatic carbocycles. The summed E-state index contributed by atoms with van der Waals surface area (Å²) >= 11 is 0. The molecule has 6 nitrogen and oxygen atoms in total. The summed E-state index contributed by atoms with van der Waals surface area (Å²) in [7, 11) is 1.73. The number of hydrogen-bond acceptors (Lipinski definition) is 5. The predicted molar refractivity (Wildman–Crippen MR) is 44.8 cm³/mol. The zero-order valence-electron chi connectivity index (χ0n) is 7.51. The average molecular weight is 183 g/mol. The van der Waals surface area contributed by atoms with Crippen LogP contribution in [0.25, 0.3) is 0 Å². The van der Waals surface area contributed by atoms with Crippen LogP contribution >= 0.6 is 0 Å². The van der Waals surface area contributed by atoms with Gasteiger partial charge in [-0.1, -0.05) is 0 Å². The Hall–Kier alpha value is -1.01. The normalized spacial score (nSPS) is 24.9. The highest BCUT2D eigenvalue weighted by molar-refractivity contribution is 4.95. The summed E-state index contributed by atoms with van der Waals surface area (Å²) in [5, 5.41) is 24.0. The predicted octanol–water partition coefficient (Wildman–Crippen LogP) is -1.00. The SMILES string of the molecule is Cn1nnnc1C(O)C1CCCN1. The van der Waals surface area contributed by atoms with Gasteiger partial charge in [0, 0.05) is 13.1 Å². The highest BCUT2D eigenvalue weighted by Crippen LogP contribution is 2.19. The van der Waals surface area contributed by atoms with Crippen LogP contribution in [-0.2, 0) is 7.05 Å². The molecule has 1 saturated heterocycles. The van der Waals surface area contributed by atoms with Gasteiger partial charge in [0.25, 0.3) is 0 Å². The smallest absolute Gasteiger partial charge is 0.181 e. The number of tetrazole rings is 1. The molecule has 0 radical (unpaired) electrons. The van der Waals surface area contributed by atoms with Gasteiger partial charge in [-0.25, -0.2) is 4.68 Å². The summed E-state index contributed by atoms with van der Waals surface area (Å²) in [4.78, 5) is 0. The van der Waals surface area contributed by atoms with E-state index in [-0.39, 0.29) is 6.04 Å². The molecule has 6 heteroatoms. The van der Waals surface area contributed by atoms with Crippen LogP contribution in [0.3, 0.4) is 0 Å². The minimum Gasteiger partial charge on any atom is -0.383 e. The summed E-state index contributed by atoms with van der Waals surface area (Å²) in [6.07, 6.45) is 1.49. The fourth-order valence-corrected chi connectivity index (χ4v) is 1.65. The molecule has 1 aromatic heterocycles. The zero-order valence-corrected chi connectivity index (χ0v) is 7.51. The topological polar surface area (TPSA) is 75.9 Å². The third-order valence-electron chi connectivity index (χ3n) is 2.40. The number of nitrogens with one attached hydrogen (secondary N) is 1. The third-order valence-corrected chi connectivity index (χ3v) is 2.40. The summed E-state index contributed by atoms with van der Waals surface area (Å²) in [6, 6.07) is 0.102. The highest BCUT2D eigenvalue weighted by atomic mass is 16.3. The quantitative estimate of drug-likeness (QED) is 0.614. The van der Waals surface area contributed by atoms with Gasteiger partial charge in [-0.15, -0.1) is 5.10 Å². The van der Waals surface area contributed by atoms with Crippen LogP contribution < -0.4 is 5.32 Å². The second-order valence-corrected chi connectivity index (χ2v) is 3.31. The molecule has 2 rings (SSSR count). The number of aliphatic hydroxyl groups excluding tert-OH is 1. The van der Waals surface area contributed by atoms with Crippen molar-refractivity contribution in [3.8, 4) is 0 Å². The van der Waals surface area contributed by atoms with Crippen LogP contribution in [0.4, 0.5) is 0 Å². The van der Waals surface area contributed by atoms with Gasteiger partial charge in [-0.3, -0.25) is 0 Å². The lowest BCUT2D eigenvalue weighted by Gasteiger charge is -2.15. The van der Waals surface area contributed by atoms with E-state index in [9.17, 15) is 5.11 Å². The fourth-order valence-electron chi connectivity index (χ4n) is 1.65. The Balaban J connectivity index is 2.12. The summed E-state index contributed by atoms with van der Waals surface area (Å²) < 4.78 is 1.50. The van der Waals surface area contributed by atoms with Gasteiger partial charge >= 0.3 is 0 Å². The first-order chi connectivity index (χ1) is 6.29. The standard InChI is InChI=1S/C7H13N5O/c1-12-7(9-10-11-12)6(13)5-3-2-4-8-5/h5-6,8,13H,2-4H2,1H3. The Morgan fingerprint density at radius 1 is 1.69 bits per heavy atom. The van der Waals surface area contributed by atoms with E-state index in [4.69, 9.17) is 0 Å². The molecule has 72 valence electrons. The first kappa shape index (κ1) is 8.58. The van der Waals surface area contributed by atoms with Gasteiger partial charge in [0.1, 0.15) is 6.10 Å². The van der Waals surface area contributed by atoms with Crippen molar-refractivity contribution in [3.05, 3.63) is 5.82 Å². The van der Waals surface area contributed by atoms with Crippen LogP contribution in [-0.4, -0.2) is 37.9 Å². The summed E-state index contributed by atoms with van der Waals surface area (Å²) in [6.45, 7) is 0.965. The monoisotopic (exact) mass is 183 g/mol.